The van der Waals surface area contributed by atoms with Gasteiger partial charge >= 0.3 is 5.97 Å². The summed E-state index contributed by atoms with van der Waals surface area (Å²) in [6, 6.07) is -0.628. The molecule has 0 heterocycles. The van der Waals surface area contributed by atoms with Crippen LogP contribution in [0.15, 0.2) is 48.6 Å². The average molecular weight is 1260 g/mol. The molecule has 0 saturated heterocycles. The largest absolute Gasteiger partial charge is 0.466 e. The summed E-state index contributed by atoms with van der Waals surface area (Å²) in [5.41, 5.74) is 0. The summed E-state index contributed by atoms with van der Waals surface area (Å²) in [6.45, 7) is 4.94. The molecule has 90 heavy (non-hydrogen) atoms. The lowest BCUT2D eigenvalue weighted by molar-refractivity contribution is -0.143. The van der Waals surface area contributed by atoms with Gasteiger partial charge in [0, 0.05) is 12.8 Å². The molecule has 6 heteroatoms. The van der Waals surface area contributed by atoms with Crippen molar-refractivity contribution >= 4 is 11.9 Å². The molecule has 530 valence electrons. The van der Waals surface area contributed by atoms with Crippen LogP contribution in [0, 0.1) is 0 Å². The highest BCUT2D eigenvalue weighted by Gasteiger charge is 2.18. The van der Waals surface area contributed by atoms with Crippen LogP contribution in [0.3, 0.4) is 0 Å². The van der Waals surface area contributed by atoms with Gasteiger partial charge in [-0.25, -0.2) is 0 Å². The molecule has 0 saturated carbocycles. The summed E-state index contributed by atoms with van der Waals surface area (Å²) >= 11 is 0. The lowest BCUT2D eigenvalue weighted by Crippen LogP contribution is -2.45. The molecule has 0 aromatic heterocycles. The molecule has 3 N–H and O–H groups in total. The summed E-state index contributed by atoms with van der Waals surface area (Å²) < 4.78 is 5.49. The Morgan fingerprint density at radius 1 is 0.311 bits per heavy atom. The van der Waals surface area contributed by atoms with Gasteiger partial charge in [0.2, 0.25) is 5.91 Å². The SMILES string of the molecule is CCCCCCC/C=C\CCCCCCCC(=O)OCCCCCCCCCCCCC/C=C\C/C=C\CCCCCCCCCCCCCCCCCCCC(=O)NC(CO)C(O)/C=C/CCCCCCCCCCCCCCCCCCCCCCCC. The number of unbranched alkanes of at least 4 members (excludes halogenated alkanes) is 60. The van der Waals surface area contributed by atoms with Gasteiger partial charge in [-0.2, -0.15) is 0 Å². The van der Waals surface area contributed by atoms with E-state index in [0.29, 0.717) is 19.4 Å². The number of allylic oxidation sites excluding steroid dienone is 7. The first kappa shape index (κ1) is 87.8. The van der Waals surface area contributed by atoms with E-state index in [1.807, 2.05) is 6.08 Å². The van der Waals surface area contributed by atoms with Gasteiger partial charge in [0.15, 0.2) is 0 Å². The normalized spacial score (nSPS) is 12.7. The van der Waals surface area contributed by atoms with Crippen molar-refractivity contribution in [1.82, 2.24) is 5.32 Å². The fourth-order valence-corrected chi connectivity index (χ4v) is 12.8. The molecule has 0 fully saturated rings. The van der Waals surface area contributed by atoms with E-state index >= 15 is 0 Å². The Morgan fingerprint density at radius 3 is 0.856 bits per heavy atom. The fraction of sp³-hybridized carbons (Fsp3) is 0.881. The molecule has 0 bridgehead atoms. The standard InChI is InChI=1S/C84H159NO5/c1-3-5-7-9-11-13-15-17-19-20-21-22-23-37-40-43-46-49-52-56-60-64-68-72-76-82(87)81(80-86)85-83(88)77-73-69-65-61-57-53-50-47-44-41-38-35-33-31-29-27-25-24-26-28-30-32-34-36-39-42-45-48-51-55-59-63-67-71-75-79-90-84(89)78-74-70-66-62-58-54-18-16-14-12-10-8-6-4-2/h16,18,26,28,32,34,72,76,81-82,86-87H,3-15,17,19-25,27,29-31,33,35-71,73-75,77-80H2,1-2H3,(H,85,88)/b18-16-,28-26-,34-32-,76-72+. The Bertz CT molecular complexity index is 1500. The Kier molecular flexibility index (Phi) is 77.3. The zero-order chi connectivity index (χ0) is 64.9. The zero-order valence-corrected chi connectivity index (χ0v) is 60.9. The smallest absolute Gasteiger partial charge is 0.305 e. The van der Waals surface area contributed by atoms with Gasteiger partial charge < -0.3 is 20.3 Å². The van der Waals surface area contributed by atoms with E-state index in [-0.39, 0.29) is 18.5 Å². The van der Waals surface area contributed by atoms with Crippen molar-refractivity contribution in [3.05, 3.63) is 48.6 Å². The van der Waals surface area contributed by atoms with Crippen LogP contribution in [0.1, 0.15) is 450 Å². The molecule has 0 radical (unpaired) electrons. The summed E-state index contributed by atoms with van der Waals surface area (Å²) in [5.74, 6) is -0.0524. The van der Waals surface area contributed by atoms with Crippen molar-refractivity contribution in [3.8, 4) is 0 Å². The lowest BCUT2D eigenvalue weighted by atomic mass is 10.0. The Balaban J connectivity index is 3.40. The number of amides is 1. The number of hydrogen-bond acceptors (Lipinski definition) is 5. The molecule has 2 unspecified atom stereocenters. The molecule has 2 atom stereocenters. The minimum absolute atomic E-state index is 0.00849. The van der Waals surface area contributed by atoms with Crippen LogP contribution < -0.4 is 5.32 Å². The number of nitrogens with one attached hydrogen (secondary N) is 1. The minimum atomic E-state index is -0.845. The summed E-state index contributed by atoms with van der Waals surface area (Å²) in [7, 11) is 0. The highest BCUT2D eigenvalue weighted by Crippen LogP contribution is 2.20. The van der Waals surface area contributed by atoms with Gasteiger partial charge in [-0.05, 0) is 89.9 Å². The number of aliphatic hydroxyl groups excluding tert-OH is 2. The maximum Gasteiger partial charge on any atom is 0.305 e. The quantitative estimate of drug-likeness (QED) is 0.0320. The number of hydrogen-bond donors (Lipinski definition) is 3. The van der Waals surface area contributed by atoms with Crippen molar-refractivity contribution in [2.75, 3.05) is 13.2 Å². The van der Waals surface area contributed by atoms with Gasteiger partial charge in [-0.1, -0.05) is 396 Å². The van der Waals surface area contributed by atoms with Gasteiger partial charge in [0.1, 0.15) is 0 Å². The van der Waals surface area contributed by atoms with Crippen LogP contribution in [0.2, 0.25) is 0 Å². The maximum atomic E-state index is 12.6. The molecule has 0 spiro atoms. The minimum Gasteiger partial charge on any atom is -0.466 e. The van der Waals surface area contributed by atoms with Crippen LogP contribution in [0.5, 0.6) is 0 Å². The summed E-state index contributed by atoms with van der Waals surface area (Å²) in [5, 5.41) is 23.3. The van der Waals surface area contributed by atoms with Crippen LogP contribution >= 0.6 is 0 Å². The predicted molar refractivity (Wildman–Crippen MR) is 398 cm³/mol. The van der Waals surface area contributed by atoms with Crippen molar-refractivity contribution in [1.29, 1.82) is 0 Å². The first-order chi connectivity index (χ1) is 44.5. The van der Waals surface area contributed by atoms with E-state index in [9.17, 15) is 19.8 Å². The third-order valence-corrected chi connectivity index (χ3v) is 19.1. The fourth-order valence-electron chi connectivity index (χ4n) is 12.8. The van der Waals surface area contributed by atoms with E-state index in [0.717, 1.165) is 51.4 Å². The second-order valence-corrected chi connectivity index (χ2v) is 28.1. The summed E-state index contributed by atoms with van der Waals surface area (Å²) in [4.78, 5) is 24.6. The monoisotopic (exact) mass is 1260 g/mol. The number of carbonyl (C=O) groups excluding carboxylic acids is 2. The predicted octanol–water partition coefficient (Wildman–Crippen LogP) is 27.2. The van der Waals surface area contributed by atoms with Crippen LogP contribution in [-0.4, -0.2) is 47.4 Å². The molecule has 0 aliphatic heterocycles. The first-order valence-electron chi connectivity index (χ1n) is 40.9. The Labute approximate surface area is 563 Å². The Morgan fingerprint density at radius 2 is 0.556 bits per heavy atom. The number of carbonyl (C=O) groups is 2. The highest BCUT2D eigenvalue weighted by molar-refractivity contribution is 5.76. The molecular formula is C84H159NO5. The van der Waals surface area contributed by atoms with E-state index in [1.54, 1.807) is 6.08 Å². The van der Waals surface area contributed by atoms with E-state index in [4.69, 9.17) is 4.74 Å². The van der Waals surface area contributed by atoms with Crippen LogP contribution in [0.25, 0.3) is 0 Å². The number of rotatable bonds is 77. The van der Waals surface area contributed by atoms with E-state index < -0.39 is 12.1 Å². The van der Waals surface area contributed by atoms with E-state index in [1.165, 1.54) is 372 Å². The molecule has 0 aliphatic carbocycles. The van der Waals surface area contributed by atoms with Crippen molar-refractivity contribution in [2.24, 2.45) is 0 Å². The Hall–Kier alpha value is -2.18. The maximum absolute atomic E-state index is 12.6. The lowest BCUT2D eigenvalue weighted by Gasteiger charge is -2.20. The third-order valence-electron chi connectivity index (χ3n) is 19.1. The molecule has 6 nitrogen and oxygen atoms in total. The number of esters is 1. The van der Waals surface area contributed by atoms with Crippen molar-refractivity contribution in [2.45, 2.75) is 463 Å². The number of ether oxygens (including phenoxy) is 1. The third kappa shape index (κ3) is 74.9. The van der Waals surface area contributed by atoms with Crippen molar-refractivity contribution in [3.63, 3.8) is 0 Å². The van der Waals surface area contributed by atoms with Gasteiger partial charge in [-0.15, -0.1) is 0 Å². The molecule has 0 aliphatic rings. The second-order valence-electron chi connectivity index (χ2n) is 28.1. The van der Waals surface area contributed by atoms with Crippen molar-refractivity contribution < 1.29 is 24.5 Å². The van der Waals surface area contributed by atoms with Gasteiger partial charge in [0.05, 0.1) is 25.4 Å². The zero-order valence-electron chi connectivity index (χ0n) is 60.9. The topological polar surface area (TPSA) is 95.9 Å². The molecule has 1 amide bonds. The van der Waals surface area contributed by atoms with Gasteiger partial charge in [-0.3, -0.25) is 9.59 Å². The molecule has 0 aromatic rings. The number of aliphatic hydroxyl groups is 2. The van der Waals surface area contributed by atoms with E-state index in [2.05, 4.69) is 55.6 Å². The second kappa shape index (κ2) is 79.3. The average Bonchev–Trinajstić information content (AvgIpc) is 3.60. The summed E-state index contributed by atoms with van der Waals surface area (Å²) in [6.07, 6.45) is 105. The van der Waals surface area contributed by atoms with Crippen LogP contribution in [-0.2, 0) is 14.3 Å². The van der Waals surface area contributed by atoms with Gasteiger partial charge in [0.25, 0.3) is 0 Å². The first-order valence-corrected chi connectivity index (χ1v) is 40.9. The highest BCUT2D eigenvalue weighted by atomic mass is 16.5. The van der Waals surface area contributed by atoms with Crippen LogP contribution in [0.4, 0.5) is 0 Å². The molecule has 0 aromatic carbocycles. The molecular weight excluding hydrogens is 1100 g/mol. The molecule has 0 rings (SSSR count).